The highest BCUT2D eigenvalue weighted by molar-refractivity contribution is 6.33. The van der Waals surface area contributed by atoms with Crippen LogP contribution in [0.3, 0.4) is 0 Å². The third kappa shape index (κ3) is 2.43. The van der Waals surface area contributed by atoms with Crippen LogP contribution in [0, 0.1) is 11.8 Å². The molecule has 6 heteroatoms. The Morgan fingerprint density at radius 2 is 1.94 bits per heavy atom. The highest BCUT2D eigenvalue weighted by Crippen LogP contribution is 2.25. The van der Waals surface area contributed by atoms with Crippen LogP contribution in [0.5, 0.6) is 0 Å². The molecule has 0 radical (unpaired) electrons. The van der Waals surface area contributed by atoms with Crippen molar-refractivity contribution in [3.8, 4) is 0 Å². The van der Waals surface area contributed by atoms with Crippen molar-refractivity contribution in [1.82, 2.24) is 9.97 Å². The summed E-state index contributed by atoms with van der Waals surface area (Å²) in [7, 11) is 0. The molecule has 0 spiro atoms. The topological polar surface area (TPSA) is 37.8 Å². The molecular formula is C10H6ClF2N3. The van der Waals surface area contributed by atoms with Crippen LogP contribution in [-0.4, -0.2) is 9.97 Å². The quantitative estimate of drug-likeness (QED) is 0.821. The normalized spacial score (nSPS) is 10.2. The first-order chi connectivity index (χ1) is 7.65. The molecule has 1 N–H and O–H groups in total. The van der Waals surface area contributed by atoms with Crippen LogP contribution in [0.2, 0.25) is 5.02 Å². The van der Waals surface area contributed by atoms with Gasteiger partial charge in [0.15, 0.2) is 0 Å². The van der Waals surface area contributed by atoms with E-state index in [-0.39, 0.29) is 5.82 Å². The lowest BCUT2D eigenvalue weighted by atomic mass is 10.3. The van der Waals surface area contributed by atoms with E-state index < -0.39 is 11.8 Å². The van der Waals surface area contributed by atoms with Gasteiger partial charge in [-0.1, -0.05) is 11.6 Å². The molecule has 3 nitrogen and oxygen atoms in total. The Bertz CT molecular complexity index is 519. The second-order valence-electron chi connectivity index (χ2n) is 2.98. The number of nitrogens with zero attached hydrogens (tertiary/aromatic N) is 2. The first kappa shape index (κ1) is 10.8. The van der Waals surface area contributed by atoms with Gasteiger partial charge in [0.05, 0.1) is 10.7 Å². The van der Waals surface area contributed by atoms with Crippen molar-refractivity contribution in [3.63, 3.8) is 0 Å². The van der Waals surface area contributed by atoms with E-state index in [0.717, 1.165) is 12.4 Å². The summed E-state index contributed by atoms with van der Waals surface area (Å²) in [6.45, 7) is 0. The monoisotopic (exact) mass is 241 g/mol. The van der Waals surface area contributed by atoms with Crippen LogP contribution in [0.1, 0.15) is 0 Å². The second kappa shape index (κ2) is 4.40. The first-order valence-corrected chi connectivity index (χ1v) is 4.72. The summed E-state index contributed by atoms with van der Waals surface area (Å²) in [6, 6.07) is 4.91. The molecule has 0 bridgehead atoms. The fraction of sp³-hybridized carbons (Fsp3) is 0. The van der Waals surface area contributed by atoms with Gasteiger partial charge in [-0.05, 0) is 18.2 Å². The van der Waals surface area contributed by atoms with Crippen molar-refractivity contribution in [2.24, 2.45) is 0 Å². The highest BCUT2D eigenvalue weighted by Gasteiger charge is 2.04. The molecule has 1 aromatic heterocycles. The number of rotatable bonds is 2. The Balaban J connectivity index is 2.30. The van der Waals surface area contributed by atoms with Crippen LogP contribution in [0.15, 0.2) is 30.6 Å². The van der Waals surface area contributed by atoms with Gasteiger partial charge < -0.3 is 5.32 Å². The molecule has 0 saturated carbocycles. The molecule has 0 fully saturated rings. The molecule has 0 aliphatic heterocycles. The van der Waals surface area contributed by atoms with E-state index in [1.54, 1.807) is 0 Å². The maximum atomic E-state index is 12.9. The SMILES string of the molecule is Fc1ccc(Cl)c(Nc2cc(F)ncn2)c1. The second-order valence-corrected chi connectivity index (χ2v) is 3.38. The smallest absolute Gasteiger partial charge is 0.218 e. The zero-order valence-corrected chi connectivity index (χ0v) is 8.67. The molecule has 2 aromatic rings. The van der Waals surface area contributed by atoms with Crippen LogP contribution in [0.25, 0.3) is 0 Å². The van der Waals surface area contributed by atoms with E-state index in [2.05, 4.69) is 15.3 Å². The highest BCUT2D eigenvalue weighted by atomic mass is 35.5. The van der Waals surface area contributed by atoms with Crippen LogP contribution in [-0.2, 0) is 0 Å². The van der Waals surface area contributed by atoms with Crippen molar-refractivity contribution < 1.29 is 8.78 Å². The minimum atomic E-state index is -0.676. The Kier molecular flexibility index (Phi) is 2.96. The van der Waals surface area contributed by atoms with Gasteiger partial charge in [0.25, 0.3) is 0 Å². The minimum Gasteiger partial charge on any atom is -0.339 e. The third-order valence-corrected chi connectivity index (χ3v) is 2.15. The van der Waals surface area contributed by atoms with Gasteiger partial charge in [0, 0.05) is 6.07 Å². The summed E-state index contributed by atoms with van der Waals surface area (Å²) >= 11 is 5.82. The number of hydrogen-bond acceptors (Lipinski definition) is 3. The van der Waals surface area contributed by atoms with Crippen LogP contribution < -0.4 is 5.32 Å². The van der Waals surface area contributed by atoms with E-state index in [0.29, 0.717) is 10.7 Å². The van der Waals surface area contributed by atoms with E-state index in [4.69, 9.17) is 11.6 Å². The predicted octanol–water partition coefficient (Wildman–Crippen LogP) is 3.15. The number of anilines is 2. The molecule has 1 aromatic carbocycles. The summed E-state index contributed by atoms with van der Waals surface area (Å²) in [4.78, 5) is 7.06. The molecule has 0 saturated heterocycles. The predicted molar refractivity (Wildman–Crippen MR) is 56.7 cm³/mol. The summed E-state index contributed by atoms with van der Waals surface area (Å²) in [5.41, 5.74) is 0.319. The summed E-state index contributed by atoms with van der Waals surface area (Å²) < 4.78 is 25.7. The summed E-state index contributed by atoms with van der Waals surface area (Å²) in [6.07, 6.45) is 1.06. The number of hydrogen-bond donors (Lipinski definition) is 1. The van der Waals surface area contributed by atoms with E-state index in [1.165, 1.54) is 18.2 Å². The van der Waals surface area contributed by atoms with Crippen molar-refractivity contribution in [2.45, 2.75) is 0 Å². The number of nitrogens with one attached hydrogen (secondary N) is 1. The van der Waals surface area contributed by atoms with Gasteiger partial charge in [-0.15, -0.1) is 0 Å². The van der Waals surface area contributed by atoms with Gasteiger partial charge in [-0.3, -0.25) is 0 Å². The zero-order chi connectivity index (χ0) is 11.5. The Morgan fingerprint density at radius 3 is 2.69 bits per heavy atom. The average Bonchev–Trinajstić information content (AvgIpc) is 2.24. The Labute approximate surface area is 95.1 Å². The summed E-state index contributed by atoms with van der Waals surface area (Å²) in [5, 5.41) is 3.01. The molecule has 0 atom stereocenters. The fourth-order valence-corrected chi connectivity index (χ4v) is 1.30. The van der Waals surface area contributed by atoms with Crippen molar-refractivity contribution in [1.29, 1.82) is 0 Å². The number of aromatic nitrogens is 2. The van der Waals surface area contributed by atoms with Gasteiger partial charge in [-0.2, -0.15) is 4.39 Å². The maximum absolute atomic E-state index is 12.9. The average molecular weight is 242 g/mol. The van der Waals surface area contributed by atoms with E-state index in [9.17, 15) is 8.78 Å². The molecule has 16 heavy (non-hydrogen) atoms. The first-order valence-electron chi connectivity index (χ1n) is 4.35. The lowest BCUT2D eigenvalue weighted by molar-refractivity contribution is 0.580. The largest absolute Gasteiger partial charge is 0.339 e. The summed E-state index contributed by atoms with van der Waals surface area (Å²) in [5.74, 6) is -0.911. The lowest BCUT2D eigenvalue weighted by Crippen LogP contribution is -1.96. The van der Waals surface area contributed by atoms with Gasteiger partial charge in [0.1, 0.15) is 18.0 Å². The fourth-order valence-electron chi connectivity index (χ4n) is 1.13. The Hall–Kier alpha value is -1.75. The number of halogens is 3. The van der Waals surface area contributed by atoms with E-state index in [1.807, 2.05) is 0 Å². The van der Waals surface area contributed by atoms with Crippen molar-refractivity contribution in [2.75, 3.05) is 5.32 Å². The van der Waals surface area contributed by atoms with Crippen molar-refractivity contribution in [3.05, 3.63) is 47.4 Å². The van der Waals surface area contributed by atoms with E-state index >= 15 is 0 Å². The lowest BCUT2D eigenvalue weighted by Gasteiger charge is -2.06. The zero-order valence-electron chi connectivity index (χ0n) is 7.92. The standard InChI is InChI=1S/C10H6ClF2N3/c11-7-2-1-6(12)3-8(7)16-10-4-9(13)14-5-15-10/h1-5H,(H,14,15,16). The molecule has 2 rings (SSSR count). The van der Waals surface area contributed by atoms with Gasteiger partial charge in [0.2, 0.25) is 5.95 Å². The molecule has 1 heterocycles. The van der Waals surface area contributed by atoms with Crippen molar-refractivity contribution >= 4 is 23.1 Å². The van der Waals surface area contributed by atoms with Gasteiger partial charge >= 0.3 is 0 Å². The molecule has 0 amide bonds. The minimum absolute atomic E-state index is 0.208. The van der Waals surface area contributed by atoms with Crippen LogP contribution >= 0.6 is 11.6 Å². The van der Waals surface area contributed by atoms with Gasteiger partial charge in [-0.25, -0.2) is 14.4 Å². The Morgan fingerprint density at radius 1 is 1.12 bits per heavy atom. The molecule has 0 unspecified atom stereocenters. The third-order valence-electron chi connectivity index (χ3n) is 1.82. The number of benzene rings is 1. The molecular weight excluding hydrogens is 236 g/mol. The van der Waals surface area contributed by atoms with Crippen LogP contribution in [0.4, 0.5) is 20.3 Å². The molecule has 82 valence electrons. The maximum Gasteiger partial charge on any atom is 0.218 e. The molecule has 0 aliphatic carbocycles. The molecule has 0 aliphatic rings.